The van der Waals surface area contributed by atoms with Gasteiger partial charge >= 0.3 is 0 Å². The van der Waals surface area contributed by atoms with Crippen LogP contribution in [0, 0.1) is 0 Å². The van der Waals surface area contributed by atoms with Crippen LogP contribution in [0.15, 0.2) is 211 Å². The molecule has 3 aromatic heterocycles. The minimum Gasteiger partial charge on any atom is -0.455 e. The van der Waals surface area contributed by atoms with Crippen LogP contribution in [0.4, 0.5) is 0 Å². The van der Waals surface area contributed by atoms with Crippen molar-refractivity contribution in [1.82, 2.24) is 19.5 Å². The summed E-state index contributed by atoms with van der Waals surface area (Å²) in [5.74, 6) is 1.83. The Morgan fingerprint density at radius 1 is 0.344 bits per heavy atom. The summed E-state index contributed by atoms with van der Waals surface area (Å²) in [7, 11) is 0. The van der Waals surface area contributed by atoms with E-state index in [0.717, 1.165) is 76.8 Å². The lowest BCUT2D eigenvalue weighted by atomic mass is 9.96. The van der Waals surface area contributed by atoms with Gasteiger partial charge in [-0.15, -0.1) is 0 Å². The molecule has 0 N–H and O–H groups in total. The molecule has 0 amide bonds. The van der Waals surface area contributed by atoms with Crippen LogP contribution in [0.25, 0.3) is 137 Å². The largest absolute Gasteiger partial charge is 0.455 e. The second kappa shape index (κ2) is 13.4. The van der Waals surface area contributed by atoms with Crippen molar-refractivity contribution in [3.05, 3.63) is 206 Å². The predicted molar refractivity (Wildman–Crippen MR) is 265 cm³/mol. The number of aromatic nitrogens is 4. The van der Waals surface area contributed by atoms with Crippen LogP contribution in [0.2, 0.25) is 0 Å². The third-order valence-electron chi connectivity index (χ3n) is 13.2. The minimum absolute atomic E-state index is 0.598. The first-order chi connectivity index (χ1) is 31.7. The monoisotopic (exact) mass is 814 g/mol. The van der Waals surface area contributed by atoms with Gasteiger partial charge in [-0.2, -0.15) is 0 Å². The van der Waals surface area contributed by atoms with Crippen LogP contribution in [-0.4, -0.2) is 19.5 Å². The van der Waals surface area contributed by atoms with Crippen LogP contribution >= 0.6 is 0 Å². The van der Waals surface area contributed by atoms with E-state index in [1.54, 1.807) is 0 Å². The van der Waals surface area contributed by atoms with E-state index in [4.69, 9.17) is 19.4 Å². The van der Waals surface area contributed by atoms with Crippen molar-refractivity contribution < 1.29 is 4.42 Å². The zero-order valence-electron chi connectivity index (χ0n) is 34.3. The van der Waals surface area contributed by atoms with Crippen LogP contribution in [0.3, 0.4) is 0 Å². The Kier molecular flexibility index (Phi) is 7.33. The summed E-state index contributed by atoms with van der Waals surface area (Å²) in [6.45, 7) is 0. The van der Waals surface area contributed by atoms with Crippen molar-refractivity contribution in [1.29, 1.82) is 0 Å². The third-order valence-corrected chi connectivity index (χ3v) is 13.2. The number of nitrogens with zero attached hydrogens (tertiary/aromatic N) is 4. The van der Waals surface area contributed by atoms with Crippen LogP contribution in [-0.2, 0) is 0 Å². The Balaban J connectivity index is 1.10. The molecule has 0 unspecified atom stereocenters. The van der Waals surface area contributed by atoms with Crippen molar-refractivity contribution in [2.75, 3.05) is 0 Å². The van der Waals surface area contributed by atoms with Crippen molar-refractivity contribution in [3.8, 4) is 39.9 Å². The Morgan fingerprint density at radius 2 is 0.938 bits per heavy atom. The van der Waals surface area contributed by atoms with Gasteiger partial charge in [-0.25, -0.2) is 15.0 Å². The van der Waals surface area contributed by atoms with Crippen molar-refractivity contribution in [2.45, 2.75) is 0 Å². The van der Waals surface area contributed by atoms with Gasteiger partial charge in [0, 0.05) is 43.6 Å². The van der Waals surface area contributed by atoms with E-state index in [2.05, 4.69) is 193 Å². The topological polar surface area (TPSA) is 56.7 Å². The summed E-state index contributed by atoms with van der Waals surface area (Å²) in [6.07, 6.45) is 0. The number of furan rings is 1. The summed E-state index contributed by atoms with van der Waals surface area (Å²) >= 11 is 0. The molecule has 5 nitrogen and oxygen atoms in total. The molecule has 0 radical (unpaired) electrons. The summed E-state index contributed by atoms with van der Waals surface area (Å²) in [4.78, 5) is 16.0. The first kappa shape index (κ1) is 35.0. The molecule has 0 fully saturated rings. The molecule has 0 aliphatic carbocycles. The predicted octanol–water partition coefficient (Wildman–Crippen LogP) is 15.6. The number of hydrogen-bond donors (Lipinski definition) is 0. The fraction of sp³-hybridized carbons (Fsp3) is 0. The molecule has 0 aliphatic rings. The van der Waals surface area contributed by atoms with E-state index in [1.807, 2.05) is 18.2 Å². The van der Waals surface area contributed by atoms with Gasteiger partial charge in [-0.1, -0.05) is 170 Å². The molecule has 5 heteroatoms. The van der Waals surface area contributed by atoms with Gasteiger partial charge in [0.1, 0.15) is 11.2 Å². The van der Waals surface area contributed by atoms with Gasteiger partial charge in [-0.05, 0) is 79.5 Å². The van der Waals surface area contributed by atoms with Gasteiger partial charge in [0.15, 0.2) is 17.5 Å². The van der Waals surface area contributed by atoms with Gasteiger partial charge in [0.05, 0.1) is 22.1 Å². The highest BCUT2D eigenvalue weighted by molar-refractivity contribution is 6.24. The molecule has 0 spiro atoms. The van der Waals surface area contributed by atoms with Gasteiger partial charge in [0.25, 0.3) is 0 Å². The van der Waals surface area contributed by atoms with Gasteiger partial charge in [0.2, 0.25) is 0 Å². The number of rotatable bonds is 4. The number of fused-ring (bicyclic) bond motifs is 14. The standard InChI is InChI=1S/C59H34N4O/c1-2-16-36(17-3-1)57-60-58(48-32-39-20-7-8-21-40(39)42-23-10-11-24-43(42)48)62-59(61-57)49-34-50-54-51(27-14-28-53(54)64-56(50)46-26-13-12-25-44(46)49)63-52-33-38-19-5-4-18-37(38)31-47(52)45-30-29-35-15-6-9-22-41(35)55(45)63/h1-34H. The molecule has 0 aliphatic heterocycles. The smallest absolute Gasteiger partial charge is 0.164 e. The molecule has 0 bridgehead atoms. The van der Waals surface area contributed by atoms with Crippen LogP contribution in [0.1, 0.15) is 0 Å². The van der Waals surface area contributed by atoms with Crippen LogP contribution < -0.4 is 0 Å². The van der Waals surface area contributed by atoms with E-state index >= 15 is 0 Å². The first-order valence-electron chi connectivity index (χ1n) is 21.7. The molecule has 0 saturated heterocycles. The molecule has 14 rings (SSSR count). The number of benzene rings is 11. The fourth-order valence-corrected chi connectivity index (χ4v) is 10.3. The third kappa shape index (κ3) is 5.09. The van der Waals surface area contributed by atoms with E-state index in [1.165, 1.54) is 43.2 Å². The van der Waals surface area contributed by atoms with E-state index in [-0.39, 0.29) is 0 Å². The normalized spacial score (nSPS) is 12.1. The van der Waals surface area contributed by atoms with Gasteiger partial charge < -0.3 is 8.98 Å². The first-order valence-corrected chi connectivity index (χ1v) is 21.7. The zero-order chi connectivity index (χ0) is 41.9. The maximum atomic E-state index is 6.99. The second-order valence-electron chi connectivity index (χ2n) is 16.7. The fourth-order valence-electron chi connectivity index (χ4n) is 10.3. The molecule has 11 aromatic carbocycles. The minimum atomic E-state index is 0.598. The number of hydrogen-bond acceptors (Lipinski definition) is 4. The summed E-state index contributed by atoms with van der Waals surface area (Å²) in [5.41, 5.74) is 7.80. The molecule has 0 saturated carbocycles. The lowest BCUT2D eigenvalue weighted by Gasteiger charge is -2.14. The average Bonchev–Trinajstić information content (AvgIpc) is 3.91. The maximum absolute atomic E-state index is 6.99. The summed E-state index contributed by atoms with van der Waals surface area (Å²) in [6, 6.07) is 73.2. The SMILES string of the molecule is c1ccc(-c2nc(-c3cc4ccccc4c4ccccc34)nc(-c3cc4c(oc5cccc(-n6c7cc8ccccc8cc7c7ccc8ccccc8c76)c54)c4ccccc34)n2)cc1. The highest BCUT2D eigenvalue weighted by atomic mass is 16.3. The lowest BCUT2D eigenvalue weighted by molar-refractivity contribution is 0.672. The molecular formula is C59H34N4O. The zero-order valence-corrected chi connectivity index (χ0v) is 34.3. The molecule has 0 atom stereocenters. The summed E-state index contributed by atoms with van der Waals surface area (Å²) < 4.78 is 9.45. The molecule has 14 aromatic rings. The van der Waals surface area contributed by atoms with Gasteiger partial charge in [-0.3, -0.25) is 0 Å². The Labute approximate surface area is 366 Å². The molecule has 3 heterocycles. The highest BCUT2D eigenvalue weighted by Crippen LogP contribution is 2.45. The van der Waals surface area contributed by atoms with Crippen molar-refractivity contribution in [3.63, 3.8) is 0 Å². The second-order valence-corrected chi connectivity index (χ2v) is 16.7. The average molecular weight is 815 g/mol. The quantitative estimate of drug-likeness (QED) is 0.166. The molecule has 296 valence electrons. The molecular weight excluding hydrogens is 781 g/mol. The van der Waals surface area contributed by atoms with Crippen molar-refractivity contribution in [2.24, 2.45) is 0 Å². The van der Waals surface area contributed by atoms with E-state index in [0.29, 0.717) is 17.5 Å². The van der Waals surface area contributed by atoms with Crippen LogP contribution in [0.5, 0.6) is 0 Å². The summed E-state index contributed by atoms with van der Waals surface area (Å²) in [5, 5.41) is 15.8. The Morgan fingerprint density at radius 3 is 1.72 bits per heavy atom. The Bertz CT molecular complexity index is 4260. The maximum Gasteiger partial charge on any atom is 0.164 e. The van der Waals surface area contributed by atoms with Crippen molar-refractivity contribution >= 4 is 97.6 Å². The molecule has 64 heavy (non-hydrogen) atoms. The Hall–Kier alpha value is -8.67. The lowest BCUT2D eigenvalue weighted by Crippen LogP contribution is -2.01. The van der Waals surface area contributed by atoms with E-state index in [9.17, 15) is 0 Å². The van der Waals surface area contributed by atoms with E-state index < -0.39 is 0 Å². The highest BCUT2D eigenvalue weighted by Gasteiger charge is 2.24.